The van der Waals surface area contributed by atoms with E-state index in [-0.39, 0.29) is 17.4 Å². The number of nitrogens with zero attached hydrogens (tertiary/aromatic N) is 4. The first-order valence-electron chi connectivity index (χ1n) is 10.7. The lowest BCUT2D eigenvalue weighted by Crippen LogP contribution is -2.41. The van der Waals surface area contributed by atoms with Crippen molar-refractivity contribution in [2.75, 3.05) is 23.3 Å². The van der Waals surface area contributed by atoms with E-state index in [1.165, 1.54) is 11.6 Å². The van der Waals surface area contributed by atoms with Gasteiger partial charge < -0.3 is 10.2 Å². The number of hydrogen-bond acceptors (Lipinski definition) is 6. The summed E-state index contributed by atoms with van der Waals surface area (Å²) in [6, 6.07) is 12.7. The van der Waals surface area contributed by atoms with Crippen LogP contribution in [0.1, 0.15) is 30.5 Å². The van der Waals surface area contributed by atoms with Crippen LogP contribution in [0.5, 0.6) is 0 Å². The molecule has 0 radical (unpaired) electrons. The summed E-state index contributed by atoms with van der Waals surface area (Å²) in [7, 11) is 0. The molecule has 0 unspecified atom stereocenters. The molecular formula is C23H24N6O2. The Morgan fingerprint density at radius 3 is 2.87 bits per heavy atom. The molecule has 2 aromatic heterocycles. The number of para-hydroxylation sites is 1. The zero-order valence-corrected chi connectivity index (χ0v) is 17.2. The lowest BCUT2D eigenvalue weighted by Gasteiger charge is -2.32. The molecule has 8 heteroatoms. The Morgan fingerprint density at radius 1 is 1.10 bits per heavy atom. The van der Waals surface area contributed by atoms with Crippen molar-refractivity contribution in [3.8, 4) is 11.3 Å². The van der Waals surface area contributed by atoms with Crippen LogP contribution in [0.4, 0.5) is 11.5 Å². The second-order valence-electron chi connectivity index (χ2n) is 8.15. The van der Waals surface area contributed by atoms with Crippen LogP contribution < -0.4 is 15.8 Å². The predicted molar refractivity (Wildman–Crippen MR) is 118 cm³/mol. The topological polar surface area (TPSA) is 104 Å². The number of benzene rings is 1. The van der Waals surface area contributed by atoms with Gasteiger partial charge in [-0.05, 0) is 55.9 Å². The smallest absolute Gasteiger partial charge is 0.264 e. The van der Waals surface area contributed by atoms with Gasteiger partial charge in [-0.25, -0.2) is 5.10 Å². The standard InChI is InChI=1S/C23H24N6O2/c30-22-11-10-20(26-28-22)17-7-1-2-8-19(17)24-23(31)16-6-4-12-29(14-16)21-13-15-5-3-9-18(15)25-27-21/h1-2,7-8,10-11,13,16H,3-6,9,12,14H2,(H,24,31)(H,28,30)/t16-/m1/s1. The normalized spacial score (nSPS) is 17.9. The van der Waals surface area contributed by atoms with Crippen molar-refractivity contribution in [2.45, 2.75) is 32.1 Å². The lowest BCUT2D eigenvalue weighted by atomic mass is 9.96. The van der Waals surface area contributed by atoms with E-state index in [1.807, 2.05) is 24.3 Å². The van der Waals surface area contributed by atoms with E-state index in [2.05, 4.69) is 36.7 Å². The Morgan fingerprint density at radius 2 is 2.00 bits per heavy atom. The number of rotatable bonds is 4. The fourth-order valence-electron chi connectivity index (χ4n) is 4.42. The minimum Gasteiger partial charge on any atom is -0.354 e. The first-order valence-corrected chi connectivity index (χ1v) is 10.7. The van der Waals surface area contributed by atoms with E-state index < -0.39 is 0 Å². The number of anilines is 2. The molecule has 3 aromatic rings. The average molecular weight is 416 g/mol. The van der Waals surface area contributed by atoms with Crippen LogP contribution in [0.15, 0.2) is 47.3 Å². The van der Waals surface area contributed by atoms with E-state index >= 15 is 0 Å². The Bertz CT molecular complexity index is 1150. The molecule has 0 saturated carbocycles. The van der Waals surface area contributed by atoms with Gasteiger partial charge >= 0.3 is 0 Å². The molecule has 1 aromatic carbocycles. The van der Waals surface area contributed by atoms with Gasteiger partial charge in [-0.2, -0.15) is 10.2 Å². The molecule has 1 fully saturated rings. The van der Waals surface area contributed by atoms with Gasteiger partial charge in [0.15, 0.2) is 5.82 Å². The van der Waals surface area contributed by atoms with E-state index in [4.69, 9.17) is 0 Å². The zero-order valence-electron chi connectivity index (χ0n) is 17.2. The van der Waals surface area contributed by atoms with Crippen molar-refractivity contribution in [1.82, 2.24) is 20.4 Å². The summed E-state index contributed by atoms with van der Waals surface area (Å²) in [5.74, 6) is 0.715. The number of aromatic amines is 1. The third kappa shape index (κ3) is 4.05. The van der Waals surface area contributed by atoms with Crippen molar-refractivity contribution < 1.29 is 4.79 Å². The Balaban J connectivity index is 1.32. The first kappa shape index (κ1) is 19.4. The quantitative estimate of drug-likeness (QED) is 0.678. The highest BCUT2D eigenvalue weighted by Gasteiger charge is 2.28. The third-order valence-corrected chi connectivity index (χ3v) is 6.06. The number of nitrogens with one attached hydrogen (secondary N) is 2. The van der Waals surface area contributed by atoms with Gasteiger partial charge in [0.25, 0.3) is 5.56 Å². The molecule has 1 aliphatic heterocycles. The molecule has 1 atom stereocenters. The van der Waals surface area contributed by atoms with E-state index in [1.54, 1.807) is 6.07 Å². The van der Waals surface area contributed by atoms with E-state index in [9.17, 15) is 9.59 Å². The highest BCUT2D eigenvalue weighted by molar-refractivity contribution is 5.96. The third-order valence-electron chi connectivity index (χ3n) is 6.06. The maximum atomic E-state index is 13.1. The fraction of sp³-hybridized carbons (Fsp3) is 0.348. The molecule has 2 aliphatic rings. The summed E-state index contributed by atoms with van der Waals surface area (Å²) >= 11 is 0. The molecule has 158 valence electrons. The number of aryl methyl sites for hydroxylation is 2. The van der Waals surface area contributed by atoms with Crippen LogP contribution in [0.3, 0.4) is 0 Å². The summed E-state index contributed by atoms with van der Waals surface area (Å²) in [5, 5.41) is 18.4. The summed E-state index contributed by atoms with van der Waals surface area (Å²) < 4.78 is 0. The molecule has 1 aliphatic carbocycles. The van der Waals surface area contributed by atoms with E-state index in [0.29, 0.717) is 17.9 Å². The number of hydrogen-bond donors (Lipinski definition) is 2. The van der Waals surface area contributed by atoms with Gasteiger partial charge in [0, 0.05) is 24.7 Å². The molecule has 5 rings (SSSR count). The number of piperidine rings is 1. The Labute approximate surface area is 179 Å². The van der Waals surface area contributed by atoms with E-state index in [0.717, 1.165) is 55.7 Å². The van der Waals surface area contributed by atoms with Crippen LogP contribution >= 0.6 is 0 Å². The molecule has 2 N–H and O–H groups in total. The second kappa shape index (κ2) is 8.29. The molecular weight excluding hydrogens is 392 g/mol. The monoisotopic (exact) mass is 416 g/mol. The predicted octanol–water partition coefficient (Wildman–Crippen LogP) is 2.57. The number of aromatic nitrogens is 4. The second-order valence-corrected chi connectivity index (χ2v) is 8.15. The molecule has 1 saturated heterocycles. The molecule has 3 heterocycles. The highest BCUT2D eigenvalue weighted by atomic mass is 16.2. The maximum absolute atomic E-state index is 13.1. The summed E-state index contributed by atoms with van der Waals surface area (Å²) in [5.41, 5.74) is 4.20. The summed E-state index contributed by atoms with van der Waals surface area (Å²) in [6.45, 7) is 1.51. The number of H-pyrrole nitrogens is 1. The van der Waals surface area contributed by atoms with Gasteiger partial charge in [-0.3, -0.25) is 9.59 Å². The largest absolute Gasteiger partial charge is 0.354 e. The van der Waals surface area contributed by atoms with Crippen molar-refractivity contribution in [1.29, 1.82) is 0 Å². The van der Waals surface area contributed by atoms with Crippen LogP contribution in [-0.2, 0) is 17.6 Å². The summed E-state index contributed by atoms with van der Waals surface area (Å²) in [6.07, 6.45) is 4.98. The number of amides is 1. The molecule has 0 spiro atoms. The van der Waals surface area contributed by atoms with Crippen molar-refractivity contribution in [3.63, 3.8) is 0 Å². The van der Waals surface area contributed by atoms with Crippen LogP contribution in [0, 0.1) is 5.92 Å². The highest BCUT2D eigenvalue weighted by Crippen LogP contribution is 2.29. The van der Waals surface area contributed by atoms with Crippen LogP contribution in [-0.4, -0.2) is 39.4 Å². The van der Waals surface area contributed by atoms with Crippen molar-refractivity contribution in [3.05, 3.63) is 64.1 Å². The van der Waals surface area contributed by atoms with Gasteiger partial charge in [0.2, 0.25) is 5.91 Å². The molecule has 0 bridgehead atoms. The van der Waals surface area contributed by atoms with Crippen molar-refractivity contribution >= 4 is 17.4 Å². The Kier molecular flexibility index (Phi) is 5.19. The first-order chi connectivity index (χ1) is 15.2. The van der Waals surface area contributed by atoms with Crippen LogP contribution in [0.25, 0.3) is 11.3 Å². The Hall–Kier alpha value is -3.55. The average Bonchev–Trinajstić information content (AvgIpc) is 3.28. The van der Waals surface area contributed by atoms with Crippen LogP contribution in [0.2, 0.25) is 0 Å². The number of carbonyl (C=O) groups is 1. The summed E-state index contributed by atoms with van der Waals surface area (Å²) in [4.78, 5) is 26.6. The van der Waals surface area contributed by atoms with Crippen molar-refractivity contribution in [2.24, 2.45) is 5.92 Å². The zero-order chi connectivity index (χ0) is 21.2. The van der Waals surface area contributed by atoms with Gasteiger partial charge in [0.1, 0.15) is 0 Å². The maximum Gasteiger partial charge on any atom is 0.264 e. The molecule has 8 nitrogen and oxygen atoms in total. The fourth-order valence-corrected chi connectivity index (χ4v) is 4.42. The molecule has 1 amide bonds. The van der Waals surface area contributed by atoms with Gasteiger partial charge in [-0.1, -0.05) is 18.2 Å². The molecule has 31 heavy (non-hydrogen) atoms. The minimum absolute atomic E-state index is 0.0179. The SMILES string of the molecule is O=C(Nc1ccccc1-c1ccc(=O)[nH]n1)[C@@H]1CCCN(c2cc3c(nn2)CCC3)C1. The lowest BCUT2D eigenvalue weighted by molar-refractivity contribution is -0.120. The number of fused-ring (bicyclic) bond motifs is 1. The number of carbonyl (C=O) groups excluding carboxylic acids is 1. The van der Waals surface area contributed by atoms with Gasteiger partial charge in [-0.15, -0.1) is 5.10 Å². The van der Waals surface area contributed by atoms with Gasteiger partial charge in [0.05, 0.1) is 23.0 Å². The minimum atomic E-state index is -0.262.